The van der Waals surface area contributed by atoms with Crippen LogP contribution in [0.5, 0.6) is 5.75 Å². The number of fused-ring (bicyclic) bond motifs is 3. The molecule has 9 nitrogen and oxygen atoms in total. The van der Waals surface area contributed by atoms with Crippen molar-refractivity contribution in [2.24, 2.45) is 0 Å². The summed E-state index contributed by atoms with van der Waals surface area (Å²) in [7, 11) is -3.67. The van der Waals surface area contributed by atoms with E-state index in [1.54, 1.807) is 0 Å². The number of anilines is 1. The fourth-order valence-electron chi connectivity index (χ4n) is 5.03. The zero-order valence-electron chi connectivity index (χ0n) is 20.1. The molecule has 0 radical (unpaired) electrons. The van der Waals surface area contributed by atoms with E-state index in [1.807, 2.05) is 25.1 Å². The summed E-state index contributed by atoms with van der Waals surface area (Å²) in [5, 5.41) is 10.0. The molecular formula is C25H24F2N4O5S. The molecule has 0 bridgehead atoms. The Labute approximate surface area is 211 Å². The predicted molar refractivity (Wildman–Crippen MR) is 131 cm³/mol. The molecule has 1 aromatic heterocycles. The Morgan fingerprint density at radius 2 is 2.00 bits per heavy atom. The average molecular weight is 531 g/mol. The topological polar surface area (TPSA) is 119 Å². The number of ether oxygens (including phenoxy) is 1. The summed E-state index contributed by atoms with van der Waals surface area (Å²) in [6.07, 6.45) is 2.20. The predicted octanol–water partition coefficient (Wildman–Crippen LogP) is 2.80. The van der Waals surface area contributed by atoms with Gasteiger partial charge in [0.25, 0.3) is 5.91 Å². The van der Waals surface area contributed by atoms with E-state index >= 15 is 0 Å². The Morgan fingerprint density at radius 1 is 1.22 bits per heavy atom. The lowest BCUT2D eigenvalue weighted by Crippen LogP contribution is -2.52. The normalized spacial score (nSPS) is 18.3. The van der Waals surface area contributed by atoms with Crippen LogP contribution >= 0.6 is 0 Å². The van der Waals surface area contributed by atoms with Crippen molar-refractivity contribution in [2.45, 2.75) is 31.8 Å². The van der Waals surface area contributed by atoms with Gasteiger partial charge in [0.15, 0.2) is 27.2 Å². The van der Waals surface area contributed by atoms with Gasteiger partial charge in [-0.25, -0.2) is 17.2 Å². The molecule has 0 fully saturated rings. The molecule has 2 heterocycles. The van der Waals surface area contributed by atoms with Gasteiger partial charge in [0.2, 0.25) is 5.91 Å². The summed E-state index contributed by atoms with van der Waals surface area (Å²) in [5.74, 6) is -3.71. The Hall–Kier alpha value is -3.80. The molecular weight excluding hydrogens is 506 g/mol. The maximum Gasteiger partial charge on any atom is 0.272 e. The first-order chi connectivity index (χ1) is 17.5. The molecule has 12 heteroatoms. The van der Waals surface area contributed by atoms with Crippen LogP contribution in [0.1, 0.15) is 35.0 Å². The molecule has 0 saturated heterocycles. The first-order valence-electron chi connectivity index (χ1n) is 11.6. The van der Waals surface area contributed by atoms with Crippen LogP contribution < -0.4 is 15.4 Å². The van der Waals surface area contributed by atoms with E-state index in [0.717, 1.165) is 35.3 Å². The summed E-state index contributed by atoms with van der Waals surface area (Å²) in [6.45, 7) is 2.64. The van der Waals surface area contributed by atoms with Gasteiger partial charge >= 0.3 is 0 Å². The highest BCUT2D eigenvalue weighted by Crippen LogP contribution is 2.44. The van der Waals surface area contributed by atoms with Gasteiger partial charge in [-0.15, -0.1) is 0 Å². The number of nitrogens with zero attached hydrogens (tertiary/aromatic N) is 2. The SMILES string of the molecule is CCOc1ccc2c(c1)CC[C@@]21Cn2nc(-c3ccc(F)c(F)c3)c(NC(=O)CS(C)(=O)=O)c2C(=O)N1. The van der Waals surface area contributed by atoms with E-state index in [2.05, 4.69) is 15.7 Å². The van der Waals surface area contributed by atoms with Crippen molar-refractivity contribution in [3.63, 3.8) is 0 Å². The summed E-state index contributed by atoms with van der Waals surface area (Å²) >= 11 is 0. The van der Waals surface area contributed by atoms with Crippen molar-refractivity contribution in [3.05, 3.63) is 64.9 Å². The van der Waals surface area contributed by atoms with Crippen molar-refractivity contribution < 1.29 is 31.5 Å². The van der Waals surface area contributed by atoms with E-state index in [4.69, 9.17) is 4.74 Å². The Kier molecular flexibility index (Phi) is 6.01. The molecule has 1 spiro atoms. The first kappa shape index (κ1) is 24.9. The number of carbonyl (C=O) groups is 2. The lowest BCUT2D eigenvalue weighted by atomic mass is 9.89. The second-order valence-corrected chi connectivity index (χ2v) is 11.4. The highest BCUT2D eigenvalue weighted by Gasteiger charge is 2.46. The van der Waals surface area contributed by atoms with Crippen LogP contribution in [0.3, 0.4) is 0 Å². The molecule has 1 aliphatic carbocycles. The Balaban J connectivity index is 1.59. The zero-order chi connectivity index (χ0) is 26.5. The highest BCUT2D eigenvalue weighted by atomic mass is 32.2. The van der Waals surface area contributed by atoms with Gasteiger partial charge in [-0.05, 0) is 61.2 Å². The largest absolute Gasteiger partial charge is 0.494 e. The molecule has 3 aromatic rings. The summed E-state index contributed by atoms with van der Waals surface area (Å²) in [5.41, 5.74) is 1.24. The molecule has 5 rings (SSSR count). The van der Waals surface area contributed by atoms with Crippen molar-refractivity contribution in [2.75, 3.05) is 23.9 Å². The van der Waals surface area contributed by atoms with E-state index in [0.29, 0.717) is 19.4 Å². The number of hydrogen-bond acceptors (Lipinski definition) is 6. The maximum absolute atomic E-state index is 14.1. The number of nitrogens with one attached hydrogen (secondary N) is 2. The van der Waals surface area contributed by atoms with Crippen LogP contribution in [0.15, 0.2) is 36.4 Å². The third-order valence-electron chi connectivity index (χ3n) is 6.52. The van der Waals surface area contributed by atoms with E-state index in [1.165, 1.54) is 10.7 Å². The van der Waals surface area contributed by atoms with Gasteiger partial charge in [-0.2, -0.15) is 5.10 Å². The minimum Gasteiger partial charge on any atom is -0.494 e. The standard InChI is InChI=1S/C25H24F2N4O5S/c1-3-36-16-5-6-17-14(10-16)8-9-25(17)13-31-23(24(33)29-25)22(28-20(32)12-37(2,34)35)21(30-31)15-4-7-18(26)19(27)11-15/h4-7,10-11H,3,8-9,12-13H2,1-2H3,(H,28,32)(H,29,33)/t25-/m1/s1. The molecule has 0 unspecified atom stereocenters. The van der Waals surface area contributed by atoms with Gasteiger partial charge in [0.1, 0.15) is 22.9 Å². The van der Waals surface area contributed by atoms with Gasteiger partial charge in [-0.1, -0.05) is 6.07 Å². The van der Waals surface area contributed by atoms with Crippen molar-refractivity contribution in [1.82, 2.24) is 15.1 Å². The van der Waals surface area contributed by atoms with Gasteiger partial charge in [0, 0.05) is 11.8 Å². The molecule has 0 saturated carbocycles. The second-order valence-electron chi connectivity index (χ2n) is 9.27. The van der Waals surface area contributed by atoms with Crippen molar-refractivity contribution >= 4 is 27.3 Å². The minimum absolute atomic E-state index is 0.00778. The average Bonchev–Trinajstić information content (AvgIpc) is 3.33. The quantitative estimate of drug-likeness (QED) is 0.506. The molecule has 2 N–H and O–H groups in total. The molecule has 2 amide bonds. The zero-order valence-corrected chi connectivity index (χ0v) is 20.9. The van der Waals surface area contributed by atoms with Crippen LogP contribution in [-0.2, 0) is 33.1 Å². The van der Waals surface area contributed by atoms with E-state index in [9.17, 15) is 26.8 Å². The van der Waals surface area contributed by atoms with Crippen LogP contribution in [0.25, 0.3) is 11.3 Å². The van der Waals surface area contributed by atoms with Gasteiger partial charge in [-0.3, -0.25) is 14.3 Å². The van der Waals surface area contributed by atoms with Crippen molar-refractivity contribution in [3.8, 4) is 17.0 Å². The number of hydrogen-bond donors (Lipinski definition) is 2. The van der Waals surface area contributed by atoms with Crippen molar-refractivity contribution in [1.29, 1.82) is 0 Å². The monoisotopic (exact) mass is 530 g/mol. The number of benzene rings is 2. The lowest BCUT2D eigenvalue weighted by molar-refractivity contribution is -0.113. The number of sulfone groups is 1. The Morgan fingerprint density at radius 3 is 2.70 bits per heavy atom. The number of aryl methyl sites for hydroxylation is 1. The second kappa shape index (κ2) is 8.94. The number of amides is 2. The minimum atomic E-state index is -3.67. The number of rotatable bonds is 6. The van der Waals surface area contributed by atoms with E-state index in [-0.39, 0.29) is 29.2 Å². The molecule has 1 aliphatic heterocycles. The Bertz CT molecular complexity index is 1550. The summed E-state index contributed by atoms with van der Waals surface area (Å²) in [6, 6.07) is 8.78. The third kappa shape index (κ3) is 4.57. The molecule has 194 valence electrons. The lowest BCUT2D eigenvalue weighted by Gasteiger charge is -2.36. The molecule has 1 atom stereocenters. The van der Waals surface area contributed by atoms with Gasteiger partial charge in [0.05, 0.1) is 18.7 Å². The third-order valence-corrected chi connectivity index (χ3v) is 7.30. The maximum atomic E-state index is 14.1. The smallest absolute Gasteiger partial charge is 0.272 e. The van der Waals surface area contributed by atoms with E-state index < -0.39 is 44.6 Å². The van der Waals surface area contributed by atoms with Crippen LogP contribution in [0.4, 0.5) is 14.5 Å². The fraction of sp³-hybridized carbons (Fsp3) is 0.320. The van der Waals surface area contributed by atoms with Crippen LogP contribution in [-0.4, -0.2) is 48.6 Å². The highest BCUT2D eigenvalue weighted by molar-refractivity contribution is 7.91. The number of halogens is 2. The summed E-state index contributed by atoms with van der Waals surface area (Å²) < 4.78 is 58.0. The number of aromatic nitrogens is 2. The number of carbonyl (C=O) groups excluding carboxylic acids is 2. The first-order valence-corrected chi connectivity index (χ1v) is 13.7. The summed E-state index contributed by atoms with van der Waals surface area (Å²) in [4.78, 5) is 26.0. The van der Waals surface area contributed by atoms with Crippen LogP contribution in [0, 0.1) is 11.6 Å². The molecule has 2 aliphatic rings. The molecule has 37 heavy (non-hydrogen) atoms. The van der Waals surface area contributed by atoms with Gasteiger partial charge < -0.3 is 15.4 Å². The van der Waals surface area contributed by atoms with Crippen LogP contribution in [0.2, 0.25) is 0 Å². The molecule has 2 aromatic carbocycles. The fourth-order valence-corrected chi connectivity index (χ4v) is 5.58.